The van der Waals surface area contributed by atoms with E-state index in [0.29, 0.717) is 12.1 Å². The van der Waals surface area contributed by atoms with Crippen molar-refractivity contribution in [1.29, 1.82) is 0 Å². The summed E-state index contributed by atoms with van der Waals surface area (Å²) in [7, 11) is 0. The van der Waals surface area contributed by atoms with Crippen molar-refractivity contribution < 1.29 is 4.79 Å². The fraction of sp³-hybridized carbons (Fsp3) is 0.100. The molecule has 0 radical (unpaired) electrons. The number of hydrogen-bond donors (Lipinski definition) is 1. The molecule has 2 aromatic rings. The Labute approximate surface area is 132 Å². The number of halogens is 3. The third-order valence-corrected chi connectivity index (χ3v) is 5.98. The van der Waals surface area contributed by atoms with Crippen LogP contribution >= 0.6 is 70.5 Å². The lowest BCUT2D eigenvalue weighted by molar-refractivity contribution is 0.0951. The van der Waals surface area contributed by atoms with Crippen LogP contribution in [-0.4, -0.2) is 5.91 Å². The van der Waals surface area contributed by atoms with E-state index in [1.807, 2.05) is 17.5 Å². The van der Waals surface area contributed by atoms with Gasteiger partial charge in [-0.3, -0.25) is 4.79 Å². The van der Waals surface area contributed by atoms with Crippen molar-refractivity contribution >= 4 is 76.4 Å². The molecule has 2 nitrogen and oxygen atoms in total. The Balaban J connectivity index is 2.00. The molecule has 90 valence electrons. The first kappa shape index (κ1) is 13.7. The second-order valence-electron chi connectivity index (χ2n) is 3.15. The predicted octanol–water partition coefficient (Wildman–Crippen LogP) is 5.03. The van der Waals surface area contributed by atoms with E-state index < -0.39 is 0 Å². The van der Waals surface area contributed by atoms with Gasteiger partial charge in [-0.15, -0.1) is 22.7 Å². The first-order chi connectivity index (χ1) is 8.06. The van der Waals surface area contributed by atoms with Crippen molar-refractivity contribution in [3.63, 3.8) is 0 Å². The molecule has 0 aliphatic heterocycles. The summed E-state index contributed by atoms with van der Waals surface area (Å²) in [6.45, 7) is 0.551. The van der Waals surface area contributed by atoms with E-state index in [0.717, 1.165) is 16.9 Å². The number of carbonyl (C=O) groups excluding carboxylic acids is 1. The zero-order valence-electron chi connectivity index (χ0n) is 8.30. The monoisotopic (exact) mass is 457 g/mol. The van der Waals surface area contributed by atoms with Gasteiger partial charge in [0.1, 0.15) is 0 Å². The predicted molar refractivity (Wildman–Crippen MR) is 82.9 cm³/mol. The number of amides is 1. The summed E-state index contributed by atoms with van der Waals surface area (Å²) in [5.41, 5.74) is 0.664. The molecule has 2 aromatic heterocycles. The zero-order valence-corrected chi connectivity index (χ0v) is 14.7. The molecular weight excluding hydrogens is 454 g/mol. The van der Waals surface area contributed by atoms with Crippen LogP contribution in [0.4, 0.5) is 0 Å². The van der Waals surface area contributed by atoms with E-state index >= 15 is 0 Å². The molecule has 0 aliphatic carbocycles. The van der Waals surface area contributed by atoms with Gasteiger partial charge >= 0.3 is 0 Å². The summed E-state index contributed by atoms with van der Waals surface area (Å²) in [6.07, 6.45) is 0. The zero-order chi connectivity index (χ0) is 12.4. The number of thiophene rings is 2. The molecule has 2 rings (SSSR count). The SMILES string of the molecule is O=C(NCc1cc(Br)cs1)c1cc(Br)sc1Br. The highest BCUT2D eigenvalue weighted by atomic mass is 79.9. The number of carbonyl (C=O) groups is 1. The van der Waals surface area contributed by atoms with E-state index in [1.165, 1.54) is 11.3 Å². The Bertz CT molecular complexity index is 549. The third kappa shape index (κ3) is 3.64. The molecule has 0 saturated heterocycles. The standard InChI is InChI=1S/C10H6Br3NOS2/c11-5-1-6(16-4-5)3-14-10(15)7-2-8(12)17-9(7)13/h1-2,4H,3H2,(H,14,15). The Morgan fingerprint density at radius 2 is 2.06 bits per heavy atom. The lowest BCUT2D eigenvalue weighted by atomic mass is 10.3. The van der Waals surface area contributed by atoms with Gasteiger partial charge in [-0.25, -0.2) is 0 Å². The van der Waals surface area contributed by atoms with Crippen LogP contribution in [0.3, 0.4) is 0 Å². The van der Waals surface area contributed by atoms with Crippen molar-refractivity contribution in [2.75, 3.05) is 0 Å². The second kappa shape index (κ2) is 5.97. The molecule has 17 heavy (non-hydrogen) atoms. The molecule has 0 fully saturated rings. The fourth-order valence-corrected chi connectivity index (χ4v) is 5.39. The van der Waals surface area contributed by atoms with Crippen LogP contribution in [0.2, 0.25) is 0 Å². The fourth-order valence-electron chi connectivity index (χ4n) is 1.20. The van der Waals surface area contributed by atoms with Gasteiger partial charge in [0.2, 0.25) is 0 Å². The largest absolute Gasteiger partial charge is 0.347 e. The second-order valence-corrected chi connectivity index (χ2v) is 8.81. The highest BCUT2D eigenvalue weighted by Crippen LogP contribution is 2.31. The highest BCUT2D eigenvalue weighted by Gasteiger charge is 2.13. The van der Waals surface area contributed by atoms with Crippen LogP contribution in [0.25, 0.3) is 0 Å². The minimum absolute atomic E-state index is 0.0663. The summed E-state index contributed by atoms with van der Waals surface area (Å²) in [4.78, 5) is 13.0. The third-order valence-electron chi connectivity index (χ3n) is 1.95. The summed E-state index contributed by atoms with van der Waals surface area (Å²) < 4.78 is 2.83. The van der Waals surface area contributed by atoms with E-state index in [4.69, 9.17) is 0 Å². The molecule has 1 N–H and O–H groups in total. The molecule has 0 unspecified atom stereocenters. The number of rotatable bonds is 3. The van der Waals surface area contributed by atoms with Crippen LogP contribution in [0.1, 0.15) is 15.2 Å². The highest BCUT2D eigenvalue weighted by molar-refractivity contribution is 9.12. The maximum Gasteiger partial charge on any atom is 0.253 e. The summed E-state index contributed by atoms with van der Waals surface area (Å²) >= 11 is 13.2. The van der Waals surface area contributed by atoms with Gasteiger partial charge in [0.05, 0.1) is 19.7 Å². The van der Waals surface area contributed by atoms with E-state index in [-0.39, 0.29) is 5.91 Å². The van der Waals surface area contributed by atoms with Gasteiger partial charge in [0, 0.05) is 14.7 Å². The molecule has 2 heterocycles. The minimum Gasteiger partial charge on any atom is -0.347 e. The Morgan fingerprint density at radius 1 is 1.29 bits per heavy atom. The topological polar surface area (TPSA) is 29.1 Å². The molecule has 0 aliphatic rings. The van der Waals surface area contributed by atoms with Crippen molar-refractivity contribution in [2.24, 2.45) is 0 Å². The molecule has 0 bridgehead atoms. The lowest BCUT2D eigenvalue weighted by Crippen LogP contribution is -2.22. The van der Waals surface area contributed by atoms with Crippen molar-refractivity contribution in [1.82, 2.24) is 5.32 Å². The van der Waals surface area contributed by atoms with Gasteiger partial charge < -0.3 is 5.32 Å². The van der Waals surface area contributed by atoms with Crippen molar-refractivity contribution in [2.45, 2.75) is 6.54 Å². The smallest absolute Gasteiger partial charge is 0.253 e. The van der Waals surface area contributed by atoms with E-state index in [2.05, 4.69) is 53.1 Å². The Morgan fingerprint density at radius 3 is 2.59 bits per heavy atom. The lowest BCUT2D eigenvalue weighted by Gasteiger charge is -2.01. The van der Waals surface area contributed by atoms with Gasteiger partial charge in [0.15, 0.2) is 0 Å². The molecule has 0 atom stereocenters. The number of hydrogen-bond acceptors (Lipinski definition) is 3. The molecule has 0 aromatic carbocycles. The van der Waals surface area contributed by atoms with Crippen LogP contribution in [0.5, 0.6) is 0 Å². The summed E-state index contributed by atoms with van der Waals surface area (Å²) in [5, 5.41) is 4.89. The summed E-state index contributed by atoms with van der Waals surface area (Å²) in [6, 6.07) is 3.82. The molecule has 0 saturated carbocycles. The average molecular weight is 460 g/mol. The molecule has 7 heteroatoms. The Kier molecular flexibility index (Phi) is 4.82. The first-order valence-corrected chi connectivity index (χ1v) is 8.59. The maximum absolute atomic E-state index is 11.9. The maximum atomic E-state index is 11.9. The molecular formula is C10H6Br3NOS2. The normalized spacial score (nSPS) is 10.5. The number of nitrogens with one attached hydrogen (secondary N) is 1. The van der Waals surface area contributed by atoms with Crippen molar-refractivity contribution in [3.05, 3.63) is 40.0 Å². The van der Waals surface area contributed by atoms with Crippen LogP contribution in [-0.2, 0) is 6.54 Å². The van der Waals surface area contributed by atoms with Gasteiger partial charge in [0.25, 0.3) is 5.91 Å². The quantitative estimate of drug-likeness (QED) is 0.685. The molecule has 1 amide bonds. The average Bonchev–Trinajstić information content (AvgIpc) is 2.81. The van der Waals surface area contributed by atoms with Gasteiger partial charge in [-0.1, -0.05) is 0 Å². The van der Waals surface area contributed by atoms with Crippen molar-refractivity contribution in [3.8, 4) is 0 Å². The molecule has 0 spiro atoms. The van der Waals surface area contributed by atoms with Crippen LogP contribution in [0, 0.1) is 0 Å². The van der Waals surface area contributed by atoms with Gasteiger partial charge in [-0.05, 0) is 59.9 Å². The van der Waals surface area contributed by atoms with Crippen LogP contribution < -0.4 is 5.32 Å². The minimum atomic E-state index is -0.0663. The first-order valence-electron chi connectivity index (χ1n) is 4.52. The van der Waals surface area contributed by atoms with E-state index in [9.17, 15) is 4.79 Å². The Hall–Kier alpha value is 0.310. The van der Waals surface area contributed by atoms with Gasteiger partial charge in [-0.2, -0.15) is 0 Å². The summed E-state index contributed by atoms with van der Waals surface area (Å²) in [5.74, 6) is -0.0663. The van der Waals surface area contributed by atoms with E-state index in [1.54, 1.807) is 11.3 Å². The van der Waals surface area contributed by atoms with Crippen LogP contribution in [0.15, 0.2) is 29.6 Å².